The van der Waals surface area contributed by atoms with E-state index in [2.05, 4.69) is 10.6 Å². The number of amides is 2. The van der Waals surface area contributed by atoms with E-state index in [0.29, 0.717) is 13.0 Å². The largest absolute Gasteiger partial charge is 0.481 e. The van der Waals surface area contributed by atoms with E-state index >= 15 is 0 Å². The first kappa shape index (κ1) is 20.4. The van der Waals surface area contributed by atoms with Gasteiger partial charge in [-0.05, 0) is 12.8 Å². The fraction of sp³-hybridized carbons (Fsp3) is 0.800. The predicted octanol–water partition coefficient (Wildman–Crippen LogP) is 0.771. The zero-order valence-corrected chi connectivity index (χ0v) is 13.2. The summed E-state index contributed by atoms with van der Waals surface area (Å²) in [5.41, 5.74) is 5.38. The number of rotatable bonds is 15. The Hall–Kier alpha value is -1.63. The van der Waals surface area contributed by atoms with Crippen molar-refractivity contribution in [2.24, 2.45) is 5.73 Å². The maximum atomic E-state index is 11.6. The zero-order valence-electron chi connectivity index (χ0n) is 13.2. The van der Waals surface area contributed by atoms with Gasteiger partial charge < -0.3 is 21.5 Å². The predicted molar refractivity (Wildman–Crippen MR) is 84.2 cm³/mol. The van der Waals surface area contributed by atoms with Crippen molar-refractivity contribution in [1.82, 2.24) is 10.6 Å². The summed E-state index contributed by atoms with van der Waals surface area (Å²) in [6, 6.07) is -0.650. The lowest BCUT2D eigenvalue weighted by molar-refractivity contribution is -0.137. The van der Waals surface area contributed by atoms with Gasteiger partial charge in [-0.25, -0.2) is 0 Å². The minimum Gasteiger partial charge on any atom is -0.481 e. The highest BCUT2D eigenvalue weighted by Crippen LogP contribution is 2.09. The van der Waals surface area contributed by atoms with Gasteiger partial charge in [-0.3, -0.25) is 14.4 Å². The molecule has 0 saturated heterocycles. The van der Waals surface area contributed by atoms with Crippen LogP contribution in [0.4, 0.5) is 0 Å². The van der Waals surface area contributed by atoms with Gasteiger partial charge in [0, 0.05) is 19.5 Å². The molecule has 5 N–H and O–H groups in total. The molecule has 1 atom stereocenters. The lowest BCUT2D eigenvalue weighted by Crippen LogP contribution is -2.48. The Morgan fingerprint density at radius 1 is 1.00 bits per heavy atom. The molecule has 0 aliphatic rings. The Morgan fingerprint density at radius 3 is 2.05 bits per heavy atom. The number of hydrogen-bond donors (Lipinski definition) is 4. The first-order valence-electron chi connectivity index (χ1n) is 8.01. The minimum atomic E-state index is -0.720. The van der Waals surface area contributed by atoms with E-state index in [4.69, 9.17) is 10.8 Å². The number of nitrogens with one attached hydrogen (secondary N) is 2. The number of carbonyl (C=O) groups is 3. The summed E-state index contributed by atoms with van der Waals surface area (Å²) in [7, 11) is 0. The van der Waals surface area contributed by atoms with Crippen LogP contribution in [0.25, 0.3) is 0 Å². The molecule has 128 valence electrons. The molecule has 0 aromatic rings. The molecule has 7 heteroatoms. The third-order valence-electron chi connectivity index (χ3n) is 3.44. The number of hydrogen-bond acceptors (Lipinski definition) is 4. The monoisotopic (exact) mass is 315 g/mol. The molecule has 0 unspecified atom stereocenters. The number of aliphatic carboxylic acids is 1. The van der Waals surface area contributed by atoms with Gasteiger partial charge in [0.15, 0.2) is 0 Å². The molecule has 0 fully saturated rings. The molecule has 0 radical (unpaired) electrons. The van der Waals surface area contributed by atoms with E-state index in [1.807, 2.05) is 0 Å². The standard InChI is InChI=1S/C15H29N3O4/c16-11-13(18-12-19)15(22)17-10-8-6-4-2-1-3-5-7-9-14(20)21/h12-13H,1-11,16H2,(H,17,22)(H,18,19)(H,20,21)/t13-/m0/s1. The van der Waals surface area contributed by atoms with Crippen LogP contribution < -0.4 is 16.4 Å². The van der Waals surface area contributed by atoms with Crippen LogP contribution in [0.2, 0.25) is 0 Å². The lowest BCUT2D eigenvalue weighted by Gasteiger charge is -2.13. The van der Waals surface area contributed by atoms with E-state index in [1.54, 1.807) is 0 Å². The van der Waals surface area contributed by atoms with Crippen molar-refractivity contribution in [3.05, 3.63) is 0 Å². The highest BCUT2D eigenvalue weighted by molar-refractivity contribution is 5.83. The third-order valence-corrected chi connectivity index (χ3v) is 3.44. The SMILES string of the molecule is NC[C@H](NC=O)C(=O)NCCCCCCCCCCC(=O)O. The molecule has 22 heavy (non-hydrogen) atoms. The van der Waals surface area contributed by atoms with Gasteiger partial charge in [-0.15, -0.1) is 0 Å². The van der Waals surface area contributed by atoms with Crippen molar-refractivity contribution in [1.29, 1.82) is 0 Å². The molecule has 0 bridgehead atoms. The Bertz CT molecular complexity index is 324. The number of carboxylic acid groups (broad SMARTS) is 1. The summed E-state index contributed by atoms with van der Waals surface area (Å²) in [5.74, 6) is -0.963. The molecular weight excluding hydrogens is 286 g/mol. The maximum absolute atomic E-state index is 11.6. The number of carboxylic acids is 1. The summed E-state index contributed by atoms with van der Waals surface area (Å²) in [4.78, 5) is 32.2. The Morgan fingerprint density at radius 2 is 1.55 bits per heavy atom. The number of unbranched alkanes of at least 4 members (excludes halogenated alkanes) is 7. The topological polar surface area (TPSA) is 122 Å². The van der Waals surface area contributed by atoms with Crippen molar-refractivity contribution in [2.75, 3.05) is 13.1 Å². The van der Waals surface area contributed by atoms with Gasteiger partial charge in [-0.1, -0.05) is 38.5 Å². The smallest absolute Gasteiger partial charge is 0.303 e. The van der Waals surface area contributed by atoms with Crippen LogP contribution in [0.5, 0.6) is 0 Å². The van der Waals surface area contributed by atoms with Crippen LogP contribution in [0.1, 0.15) is 57.8 Å². The van der Waals surface area contributed by atoms with Crippen molar-refractivity contribution in [2.45, 2.75) is 63.8 Å². The molecular formula is C15H29N3O4. The summed E-state index contributed by atoms with van der Waals surface area (Å²) in [5, 5.41) is 13.6. The molecule has 2 amide bonds. The Balaban J connectivity index is 3.34. The van der Waals surface area contributed by atoms with Crippen LogP contribution in [0.15, 0.2) is 0 Å². The van der Waals surface area contributed by atoms with Gasteiger partial charge in [0.2, 0.25) is 12.3 Å². The van der Waals surface area contributed by atoms with Crippen LogP contribution in [-0.4, -0.2) is 42.5 Å². The molecule has 0 aromatic heterocycles. The molecule has 0 saturated carbocycles. The average Bonchev–Trinajstić information content (AvgIpc) is 2.49. The van der Waals surface area contributed by atoms with Gasteiger partial charge >= 0.3 is 5.97 Å². The van der Waals surface area contributed by atoms with Crippen molar-refractivity contribution in [3.8, 4) is 0 Å². The van der Waals surface area contributed by atoms with Crippen LogP contribution in [-0.2, 0) is 14.4 Å². The van der Waals surface area contributed by atoms with Crippen LogP contribution in [0, 0.1) is 0 Å². The minimum absolute atomic E-state index is 0.0897. The van der Waals surface area contributed by atoms with Gasteiger partial charge in [0.1, 0.15) is 6.04 Å². The zero-order chi connectivity index (χ0) is 16.6. The van der Waals surface area contributed by atoms with E-state index in [0.717, 1.165) is 51.4 Å². The summed E-state index contributed by atoms with van der Waals surface area (Å²) in [6.45, 7) is 0.681. The van der Waals surface area contributed by atoms with Gasteiger partial charge in [-0.2, -0.15) is 0 Å². The molecule has 0 aromatic carbocycles. The maximum Gasteiger partial charge on any atom is 0.303 e. The quantitative estimate of drug-likeness (QED) is 0.263. The van der Waals surface area contributed by atoms with E-state index < -0.39 is 12.0 Å². The fourth-order valence-corrected chi connectivity index (χ4v) is 2.13. The summed E-state index contributed by atoms with van der Waals surface area (Å²) >= 11 is 0. The molecule has 0 aliphatic carbocycles. The number of nitrogens with two attached hydrogens (primary N) is 1. The first-order valence-corrected chi connectivity index (χ1v) is 8.01. The average molecular weight is 315 g/mol. The Labute approximate surface area is 132 Å². The Kier molecular flexibility index (Phi) is 13.3. The molecule has 0 rings (SSSR count). The van der Waals surface area contributed by atoms with Gasteiger partial charge in [0.05, 0.1) is 0 Å². The van der Waals surface area contributed by atoms with E-state index in [9.17, 15) is 14.4 Å². The second kappa shape index (κ2) is 14.3. The van der Waals surface area contributed by atoms with E-state index in [-0.39, 0.29) is 18.9 Å². The van der Waals surface area contributed by atoms with E-state index in [1.165, 1.54) is 0 Å². The molecule has 0 heterocycles. The van der Waals surface area contributed by atoms with Gasteiger partial charge in [0.25, 0.3) is 0 Å². The molecule has 0 aliphatic heterocycles. The highest BCUT2D eigenvalue weighted by atomic mass is 16.4. The third kappa shape index (κ3) is 12.1. The van der Waals surface area contributed by atoms with Crippen LogP contribution >= 0.6 is 0 Å². The van der Waals surface area contributed by atoms with Crippen LogP contribution in [0.3, 0.4) is 0 Å². The summed E-state index contributed by atoms with van der Waals surface area (Å²) in [6.07, 6.45) is 8.90. The van der Waals surface area contributed by atoms with Crippen molar-refractivity contribution in [3.63, 3.8) is 0 Å². The molecule has 7 nitrogen and oxygen atoms in total. The second-order valence-corrected chi connectivity index (χ2v) is 5.34. The number of carbonyl (C=O) groups excluding carboxylic acids is 2. The first-order chi connectivity index (χ1) is 10.6. The summed E-state index contributed by atoms with van der Waals surface area (Å²) < 4.78 is 0. The van der Waals surface area contributed by atoms with Crippen molar-refractivity contribution < 1.29 is 19.5 Å². The fourth-order valence-electron chi connectivity index (χ4n) is 2.13. The lowest BCUT2D eigenvalue weighted by atomic mass is 10.1. The second-order valence-electron chi connectivity index (χ2n) is 5.34. The normalized spacial score (nSPS) is 11.7. The molecule has 0 spiro atoms. The van der Waals surface area contributed by atoms with Crippen molar-refractivity contribution >= 4 is 18.3 Å². The highest BCUT2D eigenvalue weighted by Gasteiger charge is 2.14.